The molecule has 1 saturated carbocycles. The minimum Gasteiger partial charge on any atom is -0.508 e. The van der Waals surface area contributed by atoms with Gasteiger partial charge in [0.1, 0.15) is 5.75 Å². The van der Waals surface area contributed by atoms with Gasteiger partial charge in [0.2, 0.25) is 0 Å². The average molecular weight is 205 g/mol. The van der Waals surface area contributed by atoms with Gasteiger partial charge in [-0.2, -0.15) is 0 Å². The minimum absolute atomic E-state index is 0.349. The van der Waals surface area contributed by atoms with Crippen LogP contribution >= 0.6 is 0 Å². The normalized spacial score (nSPS) is 17.7. The molecule has 0 heterocycles. The van der Waals surface area contributed by atoms with Crippen molar-refractivity contribution >= 4 is 5.69 Å². The Bertz CT molecular complexity index is 329. The van der Waals surface area contributed by atoms with Crippen LogP contribution in [0.15, 0.2) is 18.2 Å². The fourth-order valence-electron chi connectivity index (χ4n) is 2.28. The van der Waals surface area contributed by atoms with Crippen LogP contribution in [0.3, 0.4) is 0 Å². The third-order valence-electron chi connectivity index (χ3n) is 3.17. The summed E-state index contributed by atoms with van der Waals surface area (Å²) in [6.07, 6.45) is 6.62. The Kier molecular flexibility index (Phi) is 3.14. The molecule has 1 aliphatic carbocycles. The second-order valence-electron chi connectivity index (χ2n) is 4.48. The average Bonchev–Trinajstić information content (AvgIpc) is 2.24. The Hall–Kier alpha value is -1.18. The molecule has 1 aliphatic rings. The summed E-state index contributed by atoms with van der Waals surface area (Å²) < 4.78 is 0. The quantitative estimate of drug-likeness (QED) is 0.725. The molecular weight excluding hydrogens is 186 g/mol. The molecule has 0 spiro atoms. The lowest BCUT2D eigenvalue weighted by atomic mass is 9.95. The van der Waals surface area contributed by atoms with Crippen molar-refractivity contribution in [2.45, 2.75) is 45.1 Å². The third kappa shape index (κ3) is 2.65. The van der Waals surface area contributed by atoms with Crippen LogP contribution in [0.25, 0.3) is 0 Å². The van der Waals surface area contributed by atoms with Crippen molar-refractivity contribution in [3.05, 3.63) is 23.8 Å². The first-order chi connectivity index (χ1) is 7.25. The first kappa shape index (κ1) is 10.3. The molecule has 0 saturated heterocycles. The fourth-order valence-corrected chi connectivity index (χ4v) is 2.28. The van der Waals surface area contributed by atoms with E-state index in [1.165, 1.54) is 37.8 Å². The standard InChI is InChI=1S/C13H19NO/c1-10-9-12(15)7-8-13(10)14-11-5-3-2-4-6-11/h7-9,11,14-15H,2-6H2,1H3. The Labute approximate surface area is 91.3 Å². The maximum absolute atomic E-state index is 9.32. The Morgan fingerprint density at radius 3 is 2.60 bits per heavy atom. The molecule has 0 atom stereocenters. The molecule has 0 aromatic heterocycles. The number of rotatable bonds is 2. The maximum atomic E-state index is 9.32. The fraction of sp³-hybridized carbons (Fsp3) is 0.538. The molecule has 0 aliphatic heterocycles. The van der Waals surface area contributed by atoms with E-state index in [0.29, 0.717) is 11.8 Å². The lowest BCUT2D eigenvalue weighted by Crippen LogP contribution is -2.22. The third-order valence-corrected chi connectivity index (χ3v) is 3.17. The van der Waals surface area contributed by atoms with E-state index in [4.69, 9.17) is 0 Å². The van der Waals surface area contributed by atoms with E-state index in [1.54, 1.807) is 6.07 Å². The molecule has 2 heteroatoms. The number of nitrogens with one attached hydrogen (secondary N) is 1. The largest absolute Gasteiger partial charge is 0.508 e. The van der Waals surface area contributed by atoms with E-state index >= 15 is 0 Å². The molecule has 1 aromatic rings. The zero-order valence-electron chi connectivity index (χ0n) is 9.29. The Morgan fingerprint density at radius 1 is 1.20 bits per heavy atom. The van der Waals surface area contributed by atoms with Crippen molar-refractivity contribution in [3.8, 4) is 5.75 Å². The van der Waals surface area contributed by atoms with Gasteiger partial charge in [0, 0.05) is 11.7 Å². The summed E-state index contributed by atoms with van der Waals surface area (Å²) in [4.78, 5) is 0. The summed E-state index contributed by atoms with van der Waals surface area (Å²) in [5.74, 6) is 0.349. The van der Waals surface area contributed by atoms with Crippen LogP contribution in [0.5, 0.6) is 5.75 Å². The highest BCUT2D eigenvalue weighted by Crippen LogP contribution is 2.25. The van der Waals surface area contributed by atoms with Gasteiger partial charge in [0.05, 0.1) is 0 Å². The molecule has 0 radical (unpaired) electrons. The number of anilines is 1. The van der Waals surface area contributed by atoms with Crippen LogP contribution in [0.2, 0.25) is 0 Å². The van der Waals surface area contributed by atoms with Gasteiger partial charge >= 0.3 is 0 Å². The highest BCUT2D eigenvalue weighted by atomic mass is 16.3. The molecule has 15 heavy (non-hydrogen) atoms. The highest BCUT2D eigenvalue weighted by Gasteiger charge is 2.13. The minimum atomic E-state index is 0.349. The van der Waals surface area contributed by atoms with Gasteiger partial charge < -0.3 is 10.4 Å². The van der Waals surface area contributed by atoms with E-state index in [2.05, 4.69) is 5.32 Å². The van der Waals surface area contributed by atoms with Crippen LogP contribution < -0.4 is 5.32 Å². The maximum Gasteiger partial charge on any atom is 0.115 e. The number of hydrogen-bond donors (Lipinski definition) is 2. The van der Waals surface area contributed by atoms with Gasteiger partial charge in [-0.05, 0) is 43.5 Å². The van der Waals surface area contributed by atoms with Crippen molar-refractivity contribution in [1.29, 1.82) is 0 Å². The number of aromatic hydroxyl groups is 1. The lowest BCUT2D eigenvalue weighted by molar-refractivity contribution is 0.462. The van der Waals surface area contributed by atoms with Crippen molar-refractivity contribution in [1.82, 2.24) is 0 Å². The summed E-state index contributed by atoms with van der Waals surface area (Å²) in [6, 6.07) is 6.16. The van der Waals surface area contributed by atoms with Gasteiger partial charge in [-0.3, -0.25) is 0 Å². The molecule has 2 rings (SSSR count). The number of benzene rings is 1. The van der Waals surface area contributed by atoms with Crippen LogP contribution in [-0.4, -0.2) is 11.1 Å². The van der Waals surface area contributed by atoms with E-state index in [-0.39, 0.29) is 0 Å². The lowest BCUT2D eigenvalue weighted by Gasteiger charge is -2.24. The van der Waals surface area contributed by atoms with Crippen LogP contribution in [0, 0.1) is 6.92 Å². The second kappa shape index (κ2) is 4.56. The number of aryl methyl sites for hydroxylation is 1. The number of hydrogen-bond acceptors (Lipinski definition) is 2. The molecule has 0 bridgehead atoms. The number of phenols is 1. The predicted molar refractivity (Wildman–Crippen MR) is 63.3 cm³/mol. The van der Waals surface area contributed by atoms with E-state index in [9.17, 15) is 5.11 Å². The van der Waals surface area contributed by atoms with Crippen LogP contribution in [-0.2, 0) is 0 Å². The van der Waals surface area contributed by atoms with E-state index < -0.39 is 0 Å². The SMILES string of the molecule is Cc1cc(O)ccc1NC1CCCCC1. The van der Waals surface area contributed by atoms with Gasteiger partial charge in [-0.15, -0.1) is 0 Å². The van der Waals surface area contributed by atoms with Gasteiger partial charge in [0.15, 0.2) is 0 Å². The number of phenolic OH excluding ortho intramolecular Hbond substituents is 1. The topological polar surface area (TPSA) is 32.3 Å². The summed E-state index contributed by atoms with van der Waals surface area (Å²) in [6.45, 7) is 2.03. The summed E-state index contributed by atoms with van der Waals surface area (Å²) in [5, 5.41) is 12.9. The highest BCUT2D eigenvalue weighted by molar-refractivity contribution is 5.53. The first-order valence-corrected chi connectivity index (χ1v) is 5.82. The molecule has 82 valence electrons. The van der Waals surface area contributed by atoms with Crippen LogP contribution in [0.1, 0.15) is 37.7 Å². The summed E-state index contributed by atoms with van der Waals surface area (Å²) in [7, 11) is 0. The van der Waals surface area contributed by atoms with Gasteiger partial charge in [-0.25, -0.2) is 0 Å². The van der Waals surface area contributed by atoms with Gasteiger partial charge in [0.25, 0.3) is 0 Å². The molecule has 0 amide bonds. The molecule has 2 nitrogen and oxygen atoms in total. The zero-order chi connectivity index (χ0) is 10.7. The molecule has 1 aromatic carbocycles. The van der Waals surface area contributed by atoms with Crippen molar-refractivity contribution in [2.24, 2.45) is 0 Å². The van der Waals surface area contributed by atoms with Crippen molar-refractivity contribution in [2.75, 3.05) is 5.32 Å². The van der Waals surface area contributed by atoms with Gasteiger partial charge in [-0.1, -0.05) is 19.3 Å². The Balaban J connectivity index is 2.03. The molecule has 2 N–H and O–H groups in total. The first-order valence-electron chi connectivity index (χ1n) is 5.82. The smallest absolute Gasteiger partial charge is 0.115 e. The monoisotopic (exact) mass is 205 g/mol. The predicted octanol–water partition coefficient (Wildman–Crippen LogP) is 3.45. The zero-order valence-corrected chi connectivity index (χ0v) is 9.29. The Morgan fingerprint density at radius 2 is 1.93 bits per heavy atom. The summed E-state index contributed by atoms with van der Waals surface area (Å²) in [5.41, 5.74) is 2.29. The molecular formula is C13H19NO. The van der Waals surface area contributed by atoms with E-state index in [1.807, 2.05) is 19.1 Å². The van der Waals surface area contributed by atoms with Crippen molar-refractivity contribution in [3.63, 3.8) is 0 Å². The molecule has 0 unspecified atom stereocenters. The summed E-state index contributed by atoms with van der Waals surface area (Å²) >= 11 is 0. The van der Waals surface area contributed by atoms with Crippen LogP contribution in [0.4, 0.5) is 5.69 Å². The molecule has 1 fully saturated rings. The second-order valence-corrected chi connectivity index (χ2v) is 4.48. The van der Waals surface area contributed by atoms with Crippen molar-refractivity contribution < 1.29 is 5.11 Å². The van der Waals surface area contributed by atoms with E-state index in [0.717, 1.165) is 5.56 Å².